The Morgan fingerprint density at radius 2 is 1.90 bits per heavy atom. The molecule has 0 saturated carbocycles. The van der Waals surface area contributed by atoms with Crippen molar-refractivity contribution in [1.29, 1.82) is 0 Å². The van der Waals surface area contributed by atoms with E-state index in [9.17, 15) is 20.1 Å². The van der Waals surface area contributed by atoms with Gasteiger partial charge in [0, 0.05) is 38.2 Å². The summed E-state index contributed by atoms with van der Waals surface area (Å²) in [5.41, 5.74) is 5.37. The van der Waals surface area contributed by atoms with Crippen LogP contribution in [-0.2, 0) is 9.53 Å². The molecule has 0 heterocycles. The molecule has 126 valence electrons. The Morgan fingerprint density at radius 1 is 1.24 bits per heavy atom. The van der Waals surface area contributed by atoms with Crippen LogP contribution in [0.2, 0.25) is 0 Å². The van der Waals surface area contributed by atoms with Crippen LogP contribution in [0.25, 0.3) is 0 Å². The number of methoxy groups -OCH3 is 1. The van der Waals surface area contributed by atoms with Gasteiger partial charge in [-0.2, -0.15) is 0 Å². The molecule has 0 rings (SSSR count). The van der Waals surface area contributed by atoms with Gasteiger partial charge in [0.1, 0.15) is 18.5 Å². The fourth-order valence-corrected chi connectivity index (χ4v) is 3.35. The minimum Gasteiger partial charge on any atom is -0.390 e. The highest BCUT2D eigenvalue weighted by atomic mass is 33.1. The smallest absolute Gasteiger partial charge is 0.127 e. The summed E-state index contributed by atoms with van der Waals surface area (Å²) in [6.07, 6.45) is -3.40. The molecule has 0 aliphatic carbocycles. The van der Waals surface area contributed by atoms with Gasteiger partial charge in [-0.3, -0.25) is 0 Å². The third kappa shape index (κ3) is 9.69. The minimum atomic E-state index is -1.42. The number of aldehydes is 1. The van der Waals surface area contributed by atoms with Gasteiger partial charge in [0.25, 0.3) is 0 Å². The third-order valence-corrected chi connectivity index (χ3v) is 5.16. The highest BCUT2D eigenvalue weighted by Gasteiger charge is 2.30. The first kappa shape index (κ1) is 21.1. The summed E-state index contributed by atoms with van der Waals surface area (Å²) in [7, 11) is 4.74. The lowest BCUT2D eigenvalue weighted by Gasteiger charge is -2.26. The van der Waals surface area contributed by atoms with Crippen LogP contribution < -0.4 is 11.1 Å². The average molecular weight is 342 g/mol. The zero-order valence-electron chi connectivity index (χ0n) is 12.2. The van der Waals surface area contributed by atoms with Crippen molar-refractivity contribution >= 4 is 27.9 Å². The highest BCUT2D eigenvalue weighted by Crippen LogP contribution is 2.19. The maximum absolute atomic E-state index is 11.0. The van der Waals surface area contributed by atoms with Crippen molar-refractivity contribution in [2.45, 2.75) is 18.3 Å². The SMILES string of the molecule is COCC(O)C(O)C(O)C(C=O)CNCCSSCCN. The van der Waals surface area contributed by atoms with Crippen molar-refractivity contribution in [3.63, 3.8) is 0 Å². The van der Waals surface area contributed by atoms with Crippen LogP contribution >= 0.6 is 21.6 Å². The van der Waals surface area contributed by atoms with Crippen LogP contribution in [-0.4, -0.2) is 84.8 Å². The molecule has 21 heavy (non-hydrogen) atoms. The zero-order chi connectivity index (χ0) is 16.1. The standard InChI is InChI=1S/C12H26N2O5S2/c1-19-8-10(16)12(18)11(17)9(7-15)6-14-3-5-21-20-4-2-13/h7,9-12,14,16-18H,2-6,8,13H2,1H3. The minimum absolute atomic E-state index is 0.105. The van der Waals surface area contributed by atoms with E-state index in [1.807, 2.05) is 0 Å². The second kappa shape index (κ2) is 13.8. The molecular weight excluding hydrogens is 316 g/mol. The van der Waals surface area contributed by atoms with Crippen molar-refractivity contribution in [2.75, 3.05) is 44.9 Å². The van der Waals surface area contributed by atoms with Crippen molar-refractivity contribution in [3.05, 3.63) is 0 Å². The van der Waals surface area contributed by atoms with E-state index < -0.39 is 24.2 Å². The summed E-state index contributed by atoms with van der Waals surface area (Å²) < 4.78 is 4.69. The third-order valence-electron chi connectivity index (χ3n) is 2.72. The highest BCUT2D eigenvalue weighted by molar-refractivity contribution is 8.76. The lowest BCUT2D eigenvalue weighted by Crippen LogP contribution is -2.47. The van der Waals surface area contributed by atoms with E-state index in [1.165, 1.54) is 7.11 Å². The van der Waals surface area contributed by atoms with Crippen LogP contribution in [0.1, 0.15) is 0 Å². The summed E-state index contributed by atoms with van der Waals surface area (Å²) >= 11 is 0. The van der Waals surface area contributed by atoms with Gasteiger partial charge >= 0.3 is 0 Å². The maximum atomic E-state index is 11.0. The summed E-state index contributed by atoms with van der Waals surface area (Å²) in [6, 6.07) is 0. The number of carbonyl (C=O) groups is 1. The van der Waals surface area contributed by atoms with Crippen LogP contribution in [0.4, 0.5) is 0 Å². The Morgan fingerprint density at radius 3 is 2.48 bits per heavy atom. The molecule has 0 saturated heterocycles. The predicted molar refractivity (Wildman–Crippen MR) is 86.3 cm³/mol. The zero-order valence-corrected chi connectivity index (χ0v) is 13.8. The van der Waals surface area contributed by atoms with Gasteiger partial charge in [0.05, 0.1) is 18.6 Å². The lowest BCUT2D eigenvalue weighted by atomic mass is 9.96. The molecule has 0 aliphatic rings. The number of aliphatic hydroxyl groups is 3. The van der Waals surface area contributed by atoms with Crippen LogP contribution in [0, 0.1) is 5.92 Å². The van der Waals surface area contributed by atoms with Crippen LogP contribution in [0.3, 0.4) is 0 Å². The summed E-state index contributed by atoms with van der Waals surface area (Å²) in [5.74, 6) is 0.957. The number of hydrogen-bond acceptors (Lipinski definition) is 9. The molecule has 9 heteroatoms. The Kier molecular flexibility index (Phi) is 13.9. The molecule has 0 amide bonds. The van der Waals surface area contributed by atoms with E-state index in [-0.39, 0.29) is 13.2 Å². The van der Waals surface area contributed by atoms with Gasteiger partial charge in [-0.1, -0.05) is 21.6 Å². The molecule has 0 aromatic carbocycles. The second-order valence-electron chi connectivity index (χ2n) is 4.44. The van der Waals surface area contributed by atoms with Crippen LogP contribution in [0.5, 0.6) is 0 Å². The fraction of sp³-hybridized carbons (Fsp3) is 0.917. The summed E-state index contributed by atoms with van der Waals surface area (Å²) in [5, 5.41) is 32.2. The molecule has 0 spiro atoms. The average Bonchev–Trinajstić information content (AvgIpc) is 2.49. The normalized spacial score (nSPS) is 17.2. The van der Waals surface area contributed by atoms with E-state index in [2.05, 4.69) is 5.32 Å². The monoisotopic (exact) mass is 342 g/mol. The fourth-order valence-electron chi connectivity index (χ4n) is 1.55. The van der Waals surface area contributed by atoms with Crippen molar-refractivity contribution < 1.29 is 24.9 Å². The molecule has 7 nitrogen and oxygen atoms in total. The molecule has 0 bridgehead atoms. The van der Waals surface area contributed by atoms with Gasteiger partial charge in [-0.25, -0.2) is 0 Å². The Bertz CT molecular complexity index is 264. The number of aliphatic hydroxyl groups excluding tert-OH is 3. The maximum Gasteiger partial charge on any atom is 0.127 e. The van der Waals surface area contributed by atoms with Gasteiger partial charge in [-0.15, -0.1) is 0 Å². The first-order valence-corrected chi connectivity index (χ1v) is 9.20. The molecule has 6 N–H and O–H groups in total. The van der Waals surface area contributed by atoms with Gasteiger partial charge in [-0.05, 0) is 0 Å². The Hall–Kier alpha value is 0.130. The van der Waals surface area contributed by atoms with E-state index in [1.54, 1.807) is 21.6 Å². The summed E-state index contributed by atoms with van der Waals surface area (Å²) in [4.78, 5) is 11.0. The summed E-state index contributed by atoms with van der Waals surface area (Å²) in [6.45, 7) is 1.46. The molecule has 0 fully saturated rings. The number of nitrogens with one attached hydrogen (secondary N) is 1. The lowest BCUT2D eigenvalue weighted by molar-refractivity contribution is -0.125. The molecule has 0 radical (unpaired) electrons. The van der Waals surface area contributed by atoms with Gasteiger partial charge in [0.2, 0.25) is 0 Å². The molecule has 4 unspecified atom stereocenters. The number of rotatable bonds is 14. The van der Waals surface area contributed by atoms with Crippen molar-refractivity contribution in [3.8, 4) is 0 Å². The second-order valence-corrected chi connectivity index (χ2v) is 7.14. The quantitative estimate of drug-likeness (QED) is 0.145. The Labute approximate surface area is 133 Å². The number of ether oxygens (including phenoxy) is 1. The molecule has 4 atom stereocenters. The first-order chi connectivity index (χ1) is 10.1. The molecular formula is C12H26N2O5S2. The molecule has 0 aromatic rings. The number of carbonyl (C=O) groups excluding carboxylic acids is 1. The topological polar surface area (TPSA) is 125 Å². The van der Waals surface area contributed by atoms with E-state index in [0.717, 1.165) is 11.5 Å². The predicted octanol–water partition coefficient (Wildman–Crippen LogP) is -1.54. The largest absolute Gasteiger partial charge is 0.390 e. The van der Waals surface area contributed by atoms with Crippen LogP contribution in [0.15, 0.2) is 0 Å². The van der Waals surface area contributed by atoms with Crippen molar-refractivity contribution in [1.82, 2.24) is 5.32 Å². The molecule has 0 aliphatic heterocycles. The van der Waals surface area contributed by atoms with E-state index >= 15 is 0 Å². The van der Waals surface area contributed by atoms with E-state index in [0.29, 0.717) is 19.4 Å². The first-order valence-electron chi connectivity index (χ1n) is 6.72. The number of nitrogens with two attached hydrogens (primary N) is 1. The van der Waals surface area contributed by atoms with E-state index in [4.69, 9.17) is 10.5 Å². The Balaban J connectivity index is 3.94. The number of hydrogen-bond donors (Lipinski definition) is 5. The van der Waals surface area contributed by atoms with Gasteiger partial charge in [0.15, 0.2) is 0 Å². The molecule has 0 aromatic heterocycles. The van der Waals surface area contributed by atoms with Gasteiger partial charge < -0.3 is 35.9 Å². The van der Waals surface area contributed by atoms with Crippen molar-refractivity contribution in [2.24, 2.45) is 11.7 Å².